The maximum absolute atomic E-state index is 10.0. The van der Waals surface area contributed by atoms with Gasteiger partial charge < -0.3 is 0 Å². The molecule has 1 fully saturated rings. The largest absolute Gasteiger partial charge is 0.233 e. The molecule has 0 spiro atoms. The van der Waals surface area contributed by atoms with E-state index in [9.17, 15) is 4.79 Å². The minimum Gasteiger partial charge on any atom is -0.233 e. The monoisotopic (exact) mass is 182 g/mol. The molecule has 0 aromatic heterocycles. The van der Waals surface area contributed by atoms with Gasteiger partial charge in [-0.25, -0.2) is 4.79 Å². The van der Waals surface area contributed by atoms with Crippen molar-refractivity contribution in [1.82, 2.24) is 0 Å². The second-order valence-corrected chi connectivity index (χ2v) is 3.23. The zero-order valence-electron chi connectivity index (χ0n) is 6.79. The highest BCUT2D eigenvalue weighted by molar-refractivity contribution is 6.24. The highest BCUT2D eigenvalue weighted by Gasteiger charge is 2.06. The van der Waals surface area contributed by atoms with Gasteiger partial charge in [0.15, 0.2) is 0 Å². The first-order valence-electron chi connectivity index (χ1n) is 4.08. The van der Waals surface area contributed by atoms with Crippen LogP contribution in [0.25, 0.3) is 0 Å². The molecule has 0 bridgehead atoms. The summed E-state index contributed by atoms with van der Waals surface area (Å²) < 4.78 is 0. The van der Waals surface area contributed by atoms with Crippen molar-refractivity contribution in [2.45, 2.75) is 24.6 Å². The van der Waals surface area contributed by atoms with Gasteiger partial charge in [0.2, 0.25) is 0 Å². The Hall–Kier alpha value is -0.780. The van der Waals surface area contributed by atoms with E-state index < -0.39 is 0 Å². The van der Waals surface area contributed by atoms with E-state index in [0.29, 0.717) is 5.57 Å². The molecule has 2 heteroatoms. The van der Waals surface area contributed by atoms with E-state index in [1.54, 1.807) is 30.2 Å². The first-order valence-corrected chi connectivity index (χ1v) is 4.52. The second-order valence-electron chi connectivity index (χ2n) is 2.76. The van der Waals surface area contributed by atoms with Crippen molar-refractivity contribution in [1.29, 1.82) is 0 Å². The lowest BCUT2D eigenvalue weighted by Gasteiger charge is -2.02. The summed E-state index contributed by atoms with van der Waals surface area (Å²) in [5, 5.41) is -0.285. The highest BCUT2D eigenvalue weighted by Crippen LogP contribution is 2.15. The molecule has 64 valence electrons. The van der Waals surface area contributed by atoms with Gasteiger partial charge in [-0.2, -0.15) is 0 Å². The topological polar surface area (TPSA) is 17.1 Å². The summed E-state index contributed by atoms with van der Waals surface area (Å²) in [4.78, 5) is 10.0. The average molecular weight is 183 g/mol. The van der Waals surface area contributed by atoms with Crippen LogP contribution in [0, 0.1) is 0 Å². The van der Waals surface area contributed by atoms with Crippen molar-refractivity contribution in [2.24, 2.45) is 0 Å². The third kappa shape index (κ3) is 3.56. The molecule has 2 aliphatic carbocycles. The molecule has 2 aliphatic rings. The molecular formula is C10H11ClO. The fraction of sp³-hybridized carbons (Fsp3) is 0.400. The minimum atomic E-state index is -0.285. The van der Waals surface area contributed by atoms with Crippen LogP contribution in [0.3, 0.4) is 0 Å². The Morgan fingerprint density at radius 2 is 2.00 bits per heavy atom. The maximum atomic E-state index is 10.0. The lowest BCUT2D eigenvalue weighted by atomic mass is 10.1. The van der Waals surface area contributed by atoms with E-state index in [4.69, 9.17) is 11.6 Å². The molecule has 0 saturated heterocycles. The molecule has 1 atom stereocenters. The van der Waals surface area contributed by atoms with Gasteiger partial charge in [0.1, 0.15) is 5.94 Å². The molecule has 0 heterocycles. The smallest absolute Gasteiger partial charge is 0.129 e. The molecule has 0 aromatic rings. The molecule has 1 saturated carbocycles. The minimum absolute atomic E-state index is 0.285. The molecule has 0 radical (unpaired) electrons. The zero-order valence-corrected chi connectivity index (χ0v) is 7.55. The number of hydrogen-bond donors (Lipinski definition) is 0. The van der Waals surface area contributed by atoms with E-state index in [1.807, 2.05) is 0 Å². The van der Waals surface area contributed by atoms with Gasteiger partial charge >= 0.3 is 0 Å². The van der Waals surface area contributed by atoms with Gasteiger partial charge in [-0.15, -0.1) is 11.6 Å². The Bertz CT molecular complexity index is 242. The van der Waals surface area contributed by atoms with Gasteiger partial charge in [0.05, 0.1) is 11.0 Å². The standard InChI is InChI=1S/C7H5ClO.C3H6/c8-7-4-2-1-3-6(7)5-9;1-2-3-1/h1-4,7H;1-3H2. The van der Waals surface area contributed by atoms with E-state index in [2.05, 4.69) is 0 Å². The summed E-state index contributed by atoms with van der Waals surface area (Å²) >= 11 is 5.65. The third-order valence-electron chi connectivity index (χ3n) is 1.44. The molecule has 0 aromatic carbocycles. The predicted molar refractivity (Wildman–Crippen MR) is 51.0 cm³/mol. The van der Waals surface area contributed by atoms with E-state index in [-0.39, 0.29) is 5.38 Å². The van der Waals surface area contributed by atoms with Crippen molar-refractivity contribution < 1.29 is 4.79 Å². The summed E-state index contributed by atoms with van der Waals surface area (Å²) in [6.07, 6.45) is 11.5. The summed E-state index contributed by atoms with van der Waals surface area (Å²) in [5.74, 6) is 1.75. The van der Waals surface area contributed by atoms with Gasteiger partial charge in [0, 0.05) is 0 Å². The van der Waals surface area contributed by atoms with Crippen LogP contribution in [0.5, 0.6) is 0 Å². The molecule has 1 unspecified atom stereocenters. The van der Waals surface area contributed by atoms with Crippen LogP contribution in [0.2, 0.25) is 0 Å². The average Bonchev–Trinajstić information content (AvgIpc) is 2.91. The van der Waals surface area contributed by atoms with Crippen molar-refractivity contribution >= 4 is 17.5 Å². The highest BCUT2D eigenvalue weighted by atomic mass is 35.5. The molecule has 0 aliphatic heterocycles. The van der Waals surface area contributed by atoms with Crippen LogP contribution in [0.4, 0.5) is 0 Å². The summed E-state index contributed by atoms with van der Waals surface area (Å²) in [7, 11) is 0. The van der Waals surface area contributed by atoms with Crippen LogP contribution in [-0.2, 0) is 4.79 Å². The van der Waals surface area contributed by atoms with E-state index in [0.717, 1.165) is 0 Å². The van der Waals surface area contributed by atoms with Crippen molar-refractivity contribution in [3.8, 4) is 0 Å². The number of carbonyl (C=O) groups excluding carboxylic acids is 1. The molecule has 0 amide bonds. The number of rotatable bonds is 0. The van der Waals surface area contributed by atoms with Crippen LogP contribution in [0.1, 0.15) is 19.3 Å². The fourth-order valence-electron chi connectivity index (χ4n) is 0.607. The molecule has 12 heavy (non-hydrogen) atoms. The van der Waals surface area contributed by atoms with Crippen LogP contribution in [-0.4, -0.2) is 11.3 Å². The molecule has 2 rings (SSSR count). The number of halogens is 1. The second kappa shape index (κ2) is 4.97. The Kier molecular flexibility index (Phi) is 3.86. The van der Waals surface area contributed by atoms with Gasteiger partial charge in [0.25, 0.3) is 0 Å². The summed E-state index contributed by atoms with van der Waals surface area (Å²) in [6, 6.07) is 0. The van der Waals surface area contributed by atoms with Gasteiger partial charge in [-0.3, -0.25) is 0 Å². The molecular weight excluding hydrogens is 172 g/mol. The Morgan fingerprint density at radius 1 is 1.33 bits per heavy atom. The van der Waals surface area contributed by atoms with E-state index in [1.165, 1.54) is 19.3 Å². The number of hydrogen-bond acceptors (Lipinski definition) is 1. The number of allylic oxidation sites excluding steroid dienone is 5. The van der Waals surface area contributed by atoms with Gasteiger partial charge in [-0.1, -0.05) is 37.5 Å². The van der Waals surface area contributed by atoms with Crippen molar-refractivity contribution in [3.63, 3.8) is 0 Å². The van der Waals surface area contributed by atoms with Crippen molar-refractivity contribution in [3.05, 3.63) is 29.9 Å². The maximum Gasteiger partial charge on any atom is 0.129 e. The van der Waals surface area contributed by atoms with Crippen LogP contribution in [0.15, 0.2) is 29.9 Å². The lowest BCUT2D eigenvalue weighted by molar-refractivity contribution is 0.567. The third-order valence-corrected chi connectivity index (χ3v) is 1.82. The van der Waals surface area contributed by atoms with Crippen LogP contribution >= 0.6 is 11.6 Å². The first-order chi connectivity index (χ1) is 5.84. The normalized spacial score (nSPS) is 24.1. The molecule has 0 N–H and O–H groups in total. The Morgan fingerprint density at radius 3 is 2.33 bits per heavy atom. The number of alkyl halides is 1. The Balaban J connectivity index is 0.000000200. The zero-order chi connectivity index (χ0) is 8.81. The van der Waals surface area contributed by atoms with Crippen LogP contribution < -0.4 is 0 Å². The fourth-order valence-corrected chi connectivity index (χ4v) is 0.808. The first kappa shape index (κ1) is 9.31. The quantitative estimate of drug-likeness (QED) is 0.416. The lowest BCUT2D eigenvalue weighted by Crippen LogP contribution is -1.99. The SMILES string of the molecule is C1CC1.O=C=C1C=CC=CC1Cl. The van der Waals surface area contributed by atoms with Gasteiger partial charge in [-0.05, 0) is 6.08 Å². The summed E-state index contributed by atoms with van der Waals surface area (Å²) in [6.45, 7) is 0. The van der Waals surface area contributed by atoms with Crippen molar-refractivity contribution in [2.75, 3.05) is 0 Å². The predicted octanol–water partition coefficient (Wildman–Crippen LogP) is 2.65. The molecule has 1 nitrogen and oxygen atoms in total. The Labute approximate surface area is 77.4 Å². The van der Waals surface area contributed by atoms with E-state index >= 15 is 0 Å². The summed E-state index contributed by atoms with van der Waals surface area (Å²) in [5.41, 5.74) is 0.499.